The van der Waals surface area contributed by atoms with Gasteiger partial charge in [0.2, 0.25) is 5.91 Å². The molecule has 0 saturated heterocycles. The molecule has 0 bridgehead atoms. The lowest BCUT2D eigenvalue weighted by Gasteiger charge is -2.11. The van der Waals surface area contributed by atoms with Crippen LogP contribution < -0.4 is 15.4 Å². The Bertz CT molecular complexity index is 832. The Labute approximate surface area is 160 Å². The van der Waals surface area contributed by atoms with E-state index in [2.05, 4.69) is 15.4 Å². The Kier molecular flexibility index (Phi) is 7.20. The number of nitrogens with one attached hydrogen (secondary N) is 2. The molecule has 0 unspecified atom stereocenters. The lowest BCUT2D eigenvalue weighted by Crippen LogP contribution is -2.33. The van der Waals surface area contributed by atoms with Gasteiger partial charge in [-0.3, -0.25) is 9.59 Å². The fraction of sp³-hybridized carbons (Fsp3) is 0.200. The van der Waals surface area contributed by atoms with E-state index < -0.39 is 18.7 Å². The number of rotatable bonds is 7. The number of carbonyl (C=O) groups is 2. The third-order valence-electron chi connectivity index (χ3n) is 3.44. The van der Waals surface area contributed by atoms with Crippen LogP contribution in [-0.2, 0) is 16.1 Å². The quantitative estimate of drug-likeness (QED) is 0.710. The van der Waals surface area contributed by atoms with Gasteiger partial charge in [-0.1, -0.05) is 42.5 Å². The van der Waals surface area contributed by atoms with Crippen molar-refractivity contribution in [2.45, 2.75) is 19.6 Å². The van der Waals surface area contributed by atoms with Crippen molar-refractivity contribution >= 4 is 17.9 Å². The van der Waals surface area contributed by atoms with E-state index in [4.69, 9.17) is 0 Å². The summed E-state index contributed by atoms with van der Waals surface area (Å²) in [6.07, 6.45) is -2.86. The first kappa shape index (κ1) is 21.0. The molecule has 2 rings (SSSR count). The largest absolute Gasteiger partial charge is 0.484 e. The number of ether oxygens (including phenoxy) is 1. The average molecular weight is 392 g/mol. The normalized spacial score (nSPS) is 11.6. The van der Waals surface area contributed by atoms with Gasteiger partial charge in [0.1, 0.15) is 11.4 Å². The van der Waals surface area contributed by atoms with Crippen LogP contribution in [0, 0.1) is 0 Å². The molecule has 0 spiro atoms. The summed E-state index contributed by atoms with van der Waals surface area (Å²) in [5.74, 6) is -0.796. The van der Waals surface area contributed by atoms with Crippen molar-refractivity contribution in [1.82, 2.24) is 10.6 Å². The van der Waals surface area contributed by atoms with Gasteiger partial charge in [0.25, 0.3) is 5.91 Å². The van der Waals surface area contributed by atoms with Gasteiger partial charge < -0.3 is 15.4 Å². The highest BCUT2D eigenvalue weighted by atomic mass is 19.4. The Morgan fingerprint density at radius 3 is 2.25 bits per heavy atom. The zero-order valence-electron chi connectivity index (χ0n) is 15.0. The average Bonchev–Trinajstić information content (AvgIpc) is 2.64. The minimum atomic E-state index is -4.40. The Balaban J connectivity index is 1.98. The summed E-state index contributed by atoms with van der Waals surface area (Å²) < 4.78 is 41.1. The van der Waals surface area contributed by atoms with E-state index in [1.165, 1.54) is 19.1 Å². The number of carbonyl (C=O) groups excluding carboxylic acids is 2. The van der Waals surface area contributed by atoms with Gasteiger partial charge in [-0.25, -0.2) is 0 Å². The van der Waals surface area contributed by atoms with Crippen molar-refractivity contribution in [3.05, 3.63) is 71.4 Å². The van der Waals surface area contributed by atoms with Crippen molar-refractivity contribution in [3.8, 4) is 5.75 Å². The number of benzene rings is 2. The van der Waals surface area contributed by atoms with Crippen molar-refractivity contribution in [2.24, 2.45) is 0 Å². The summed E-state index contributed by atoms with van der Waals surface area (Å²) >= 11 is 0. The molecule has 0 aliphatic heterocycles. The van der Waals surface area contributed by atoms with Crippen LogP contribution in [0.5, 0.6) is 5.75 Å². The smallest absolute Gasteiger partial charge is 0.422 e. The SMILES string of the molecule is CC(=O)N/C(=C\c1ccccc1)C(=O)NCc1ccc(OCC(F)(F)F)cc1. The number of hydrogen-bond donors (Lipinski definition) is 2. The molecule has 2 N–H and O–H groups in total. The highest BCUT2D eigenvalue weighted by Gasteiger charge is 2.28. The summed E-state index contributed by atoms with van der Waals surface area (Å²) in [4.78, 5) is 23.8. The van der Waals surface area contributed by atoms with E-state index in [1.54, 1.807) is 42.5 Å². The number of amides is 2. The molecule has 0 aliphatic carbocycles. The van der Waals surface area contributed by atoms with Gasteiger partial charge in [0.15, 0.2) is 6.61 Å². The van der Waals surface area contributed by atoms with E-state index in [1.807, 2.05) is 6.07 Å². The fourth-order valence-electron chi connectivity index (χ4n) is 2.21. The highest BCUT2D eigenvalue weighted by Crippen LogP contribution is 2.18. The second-order valence-corrected chi connectivity index (χ2v) is 5.88. The first-order valence-electron chi connectivity index (χ1n) is 8.34. The molecule has 0 aromatic heterocycles. The summed E-state index contributed by atoms with van der Waals surface area (Å²) in [5, 5.41) is 5.15. The molecule has 8 heteroatoms. The van der Waals surface area contributed by atoms with Crippen molar-refractivity contribution in [3.63, 3.8) is 0 Å². The maximum atomic E-state index is 12.4. The highest BCUT2D eigenvalue weighted by molar-refractivity contribution is 6.00. The van der Waals surface area contributed by atoms with Crippen LogP contribution in [0.1, 0.15) is 18.1 Å². The van der Waals surface area contributed by atoms with Gasteiger partial charge in [0, 0.05) is 13.5 Å². The van der Waals surface area contributed by atoms with E-state index in [-0.39, 0.29) is 23.9 Å². The fourth-order valence-corrected chi connectivity index (χ4v) is 2.21. The molecule has 0 fully saturated rings. The first-order chi connectivity index (χ1) is 13.2. The van der Waals surface area contributed by atoms with Gasteiger partial charge in [-0.15, -0.1) is 0 Å². The molecule has 0 atom stereocenters. The number of alkyl halides is 3. The Morgan fingerprint density at radius 2 is 1.68 bits per heavy atom. The van der Waals surface area contributed by atoms with Gasteiger partial charge in [-0.2, -0.15) is 13.2 Å². The predicted molar refractivity (Wildman–Crippen MR) is 98.1 cm³/mol. The molecule has 0 heterocycles. The third kappa shape index (κ3) is 7.53. The van der Waals surface area contributed by atoms with Crippen LogP contribution in [0.2, 0.25) is 0 Å². The summed E-state index contributed by atoms with van der Waals surface area (Å²) in [5.41, 5.74) is 1.49. The van der Waals surface area contributed by atoms with E-state index >= 15 is 0 Å². The van der Waals surface area contributed by atoms with Crippen molar-refractivity contribution in [1.29, 1.82) is 0 Å². The van der Waals surface area contributed by atoms with Crippen LogP contribution in [-0.4, -0.2) is 24.6 Å². The standard InChI is InChI=1S/C20H19F3N2O3/c1-14(26)25-18(11-15-5-3-2-4-6-15)19(27)24-12-16-7-9-17(10-8-16)28-13-20(21,22)23/h2-11H,12-13H2,1H3,(H,24,27)(H,25,26)/b18-11-. The van der Waals surface area contributed by atoms with E-state index in [9.17, 15) is 22.8 Å². The van der Waals surface area contributed by atoms with Crippen molar-refractivity contribution < 1.29 is 27.5 Å². The molecular formula is C20H19F3N2O3. The summed E-state index contributed by atoms with van der Waals surface area (Å²) in [7, 11) is 0. The lowest BCUT2D eigenvalue weighted by atomic mass is 10.1. The Morgan fingerprint density at radius 1 is 1.04 bits per heavy atom. The lowest BCUT2D eigenvalue weighted by molar-refractivity contribution is -0.153. The van der Waals surface area contributed by atoms with Gasteiger partial charge in [-0.05, 0) is 29.3 Å². The van der Waals surface area contributed by atoms with E-state index in [0.717, 1.165) is 5.56 Å². The minimum absolute atomic E-state index is 0.0790. The first-order valence-corrected chi connectivity index (χ1v) is 8.34. The van der Waals surface area contributed by atoms with Crippen LogP contribution in [0.4, 0.5) is 13.2 Å². The second kappa shape index (κ2) is 9.59. The third-order valence-corrected chi connectivity index (χ3v) is 3.44. The molecular weight excluding hydrogens is 373 g/mol. The zero-order chi connectivity index (χ0) is 20.6. The van der Waals surface area contributed by atoms with E-state index in [0.29, 0.717) is 5.56 Å². The molecule has 2 aromatic rings. The van der Waals surface area contributed by atoms with Crippen molar-refractivity contribution in [2.75, 3.05) is 6.61 Å². The molecule has 148 valence electrons. The topological polar surface area (TPSA) is 67.4 Å². The van der Waals surface area contributed by atoms with Gasteiger partial charge >= 0.3 is 6.18 Å². The molecule has 2 amide bonds. The molecule has 0 radical (unpaired) electrons. The number of hydrogen-bond acceptors (Lipinski definition) is 3. The molecule has 28 heavy (non-hydrogen) atoms. The van der Waals surface area contributed by atoms with Crippen LogP contribution >= 0.6 is 0 Å². The maximum Gasteiger partial charge on any atom is 0.422 e. The summed E-state index contributed by atoms with van der Waals surface area (Å²) in [6, 6.07) is 14.9. The van der Waals surface area contributed by atoms with Gasteiger partial charge in [0.05, 0.1) is 0 Å². The minimum Gasteiger partial charge on any atom is -0.484 e. The molecule has 0 aliphatic rings. The zero-order valence-corrected chi connectivity index (χ0v) is 15.0. The summed E-state index contributed by atoms with van der Waals surface area (Å²) in [6.45, 7) is 0.0589. The number of halogens is 3. The molecule has 2 aromatic carbocycles. The monoisotopic (exact) mass is 392 g/mol. The predicted octanol–water partition coefficient (Wildman–Crippen LogP) is 3.42. The molecule has 0 saturated carbocycles. The molecule has 5 nitrogen and oxygen atoms in total. The van der Waals surface area contributed by atoms with Crippen LogP contribution in [0.15, 0.2) is 60.3 Å². The maximum absolute atomic E-state index is 12.4. The van der Waals surface area contributed by atoms with Crippen LogP contribution in [0.25, 0.3) is 6.08 Å². The Hall–Kier alpha value is -3.29. The van der Waals surface area contributed by atoms with Crippen LogP contribution in [0.3, 0.4) is 0 Å². The second-order valence-electron chi connectivity index (χ2n) is 5.88.